The first-order valence-electron chi connectivity index (χ1n) is 10.9. The molecule has 0 fully saturated rings. The van der Waals surface area contributed by atoms with E-state index in [-0.39, 0.29) is 21.7 Å². The summed E-state index contributed by atoms with van der Waals surface area (Å²) in [6, 6.07) is 3.57. The quantitative estimate of drug-likeness (QED) is 0.352. The van der Waals surface area contributed by atoms with Crippen molar-refractivity contribution in [2.45, 2.75) is 30.5 Å². The number of nitrogens with zero attached hydrogens (tertiary/aromatic N) is 6. The van der Waals surface area contributed by atoms with Crippen LogP contribution in [0.3, 0.4) is 0 Å². The SMILES string of the molecule is Cc1csc(-c2c3c(=O)n(C)c(=O)n(C)c3c3n2C[C@H](Cn2ccnc2)S[C@H]3c2ccc(Cl)o2)n1. The number of hydrogen-bond donors (Lipinski definition) is 0. The zero-order valence-corrected chi connectivity index (χ0v) is 21.5. The van der Waals surface area contributed by atoms with E-state index in [2.05, 4.69) is 9.55 Å². The van der Waals surface area contributed by atoms with Gasteiger partial charge in [-0.3, -0.25) is 13.9 Å². The molecule has 0 N–H and O–H groups in total. The minimum Gasteiger partial charge on any atom is -0.448 e. The Kier molecular flexibility index (Phi) is 5.31. The van der Waals surface area contributed by atoms with Crippen LogP contribution in [-0.4, -0.2) is 33.5 Å². The molecule has 0 spiro atoms. The van der Waals surface area contributed by atoms with E-state index < -0.39 is 0 Å². The Morgan fingerprint density at radius 2 is 2.06 bits per heavy atom. The first kappa shape index (κ1) is 22.4. The molecule has 0 radical (unpaired) electrons. The van der Waals surface area contributed by atoms with Crippen molar-refractivity contribution in [1.82, 2.24) is 28.2 Å². The molecular formula is C23H21ClN6O3S2. The summed E-state index contributed by atoms with van der Waals surface area (Å²) in [5.41, 5.74) is 2.36. The molecule has 0 aromatic carbocycles. The van der Waals surface area contributed by atoms with Crippen LogP contribution in [-0.2, 0) is 27.2 Å². The normalized spacial score (nSPS) is 17.8. The number of aryl methyl sites for hydroxylation is 2. The molecule has 0 saturated heterocycles. The number of aromatic nitrogens is 6. The highest BCUT2D eigenvalue weighted by molar-refractivity contribution is 8.00. The fourth-order valence-electron chi connectivity index (χ4n) is 4.79. The van der Waals surface area contributed by atoms with Crippen molar-refractivity contribution in [3.8, 4) is 10.7 Å². The molecular weight excluding hydrogens is 508 g/mol. The molecule has 0 unspecified atom stereocenters. The molecule has 9 nitrogen and oxygen atoms in total. The van der Waals surface area contributed by atoms with Crippen LogP contribution < -0.4 is 11.2 Å². The van der Waals surface area contributed by atoms with Crippen LogP contribution in [0.4, 0.5) is 0 Å². The van der Waals surface area contributed by atoms with Gasteiger partial charge >= 0.3 is 5.69 Å². The number of imidazole rings is 1. The summed E-state index contributed by atoms with van der Waals surface area (Å²) in [5.74, 6) is 0.672. The van der Waals surface area contributed by atoms with E-state index in [1.54, 1.807) is 42.0 Å². The molecule has 35 heavy (non-hydrogen) atoms. The lowest BCUT2D eigenvalue weighted by atomic mass is 10.2. The number of thiazole rings is 1. The van der Waals surface area contributed by atoms with Gasteiger partial charge in [0.15, 0.2) is 5.22 Å². The van der Waals surface area contributed by atoms with Gasteiger partial charge in [-0.1, -0.05) is 0 Å². The standard InChI is InChI=1S/C23H21ClN6O3S2/c1-12-10-34-21(26-12)18-16-17(27(2)23(32)28(3)22(16)31)19-20(14-4-5-15(24)33-14)35-13(9-30(18)19)8-29-7-6-25-11-29/h4-7,10-11,13,20H,8-9H2,1-3H3/t13-,20-/m0/s1. The van der Waals surface area contributed by atoms with Crippen LogP contribution >= 0.6 is 34.7 Å². The summed E-state index contributed by atoms with van der Waals surface area (Å²) in [6.45, 7) is 3.28. The number of thioether (sulfide) groups is 1. The van der Waals surface area contributed by atoms with Gasteiger partial charge in [-0.05, 0) is 30.7 Å². The third-order valence-electron chi connectivity index (χ3n) is 6.32. The van der Waals surface area contributed by atoms with Gasteiger partial charge in [0.05, 0.1) is 28.6 Å². The predicted octanol–water partition coefficient (Wildman–Crippen LogP) is 3.82. The van der Waals surface area contributed by atoms with Crippen molar-refractivity contribution in [2.75, 3.05) is 0 Å². The first-order valence-corrected chi connectivity index (χ1v) is 13.1. The lowest BCUT2D eigenvalue weighted by Crippen LogP contribution is -2.37. The van der Waals surface area contributed by atoms with E-state index in [0.717, 1.165) is 33.2 Å². The Bertz CT molecular complexity index is 1690. The minimum absolute atomic E-state index is 0.132. The van der Waals surface area contributed by atoms with Crippen molar-refractivity contribution in [3.63, 3.8) is 0 Å². The monoisotopic (exact) mass is 528 g/mol. The third-order valence-corrected chi connectivity index (χ3v) is 8.90. The average Bonchev–Trinajstić information content (AvgIpc) is 3.63. The molecule has 0 aliphatic carbocycles. The molecule has 6 rings (SSSR count). The fourth-order valence-corrected chi connectivity index (χ4v) is 7.30. The first-order chi connectivity index (χ1) is 16.8. The van der Waals surface area contributed by atoms with E-state index in [0.29, 0.717) is 28.4 Å². The number of hydrogen-bond acceptors (Lipinski definition) is 7. The zero-order chi connectivity index (χ0) is 24.4. The van der Waals surface area contributed by atoms with Crippen molar-refractivity contribution in [2.24, 2.45) is 14.1 Å². The average molecular weight is 529 g/mol. The summed E-state index contributed by atoms with van der Waals surface area (Å²) in [6.07, 6.45) is 5.49. The van der Waals surface area contributed by atoms with E-state index in [4.69, 9.17) is 21.0 Å². The van der Waals surface area contributed by atoms with Crippen molar-refractivity contribution in [1.29, 1.82) is 0 Å². The molecule has 0 saturated carbocycles. The smallest absolute Gasteiger partial charge is 0.331 e. The summed E-state index contributed by atoms with van der Waals surface area (Å²) in [7, 11) is 3.22. The maximum Gasteiger partial charge on any atom is 0.331 e. The largest absolute Gasteiger partial charge is 0.448 e. The van der Waals surface area contributed by atoms with Gasteiger partial charge in [0, 0.05) is 55.9 Å². The van der Waals surface area contributed by atoms with Gasteiger partial charge in [0.25, 0.3) is 5.56 Å². The molecule has 0 amide bonds. The third kappa shape index (κ3) is 3.52. The van der Waals surface area contributed by atoms with E-state index in [1.165, 1.54) is 18.4 Å². The topological polar surface area (TPSA) is 92.8 Å². The molecule has 1 aliphatic heterocycles. The fraction of sp³-hybridized carbons (Fsp3) is 0.304. The highest BCUT2D eigenvalue weighted by atomic mass is 35.5. The Hall–Kier alpha value is -3.02. The second kappa shape index (κ2) is 8.28. The number of rotatable bonds is 4. The van der Waals surface area contributed by atoms with Crippen LogP contribution in [0, 0.1) is 6.92 Å². The Balaban J connectivity index is 1.69. The predicted molar refractivity (Wildman–Crippen MR) is 137 cm³/mol. The maximum absolute atomic E-state index is 13.6. The second-order valence-electron chi connectivity index (χ2n) is 8.61. The molecule has 6 heterocycles. The lowest BCUT2D eigenvalue weighted by Gasteiger charge is -2.31. The van der Waals surface area contributed by atoms with Crippen LogP contribution in [0.2, 0.25) is 5.22 Å². The van der Waals surface area contributed by atoms with Crippen molar-refractivity contribution < 1.29 is 4.42 Å². The summed E-state index contributed by atoms with van der Waals surface area (Å²) >= 11 is 9.39. The summed E-state index contributed by atoms with van der Waals surface area (Å²) in [5, 5.41) is 3.36. The molecule has 1 aliphatic rings. The lowest BCUT2D eigenvalue weighted by molar-refractivity contribution is 0.497. The Labute approximate surface area is 212 Å². The highest BCUT2D eigenvalue weighted by Gasteiger charge is 2.38. The van der Waals surface area contributed by atoms with Gasteiger partial charge < -0.3 is 13.6 Å². The van der Waals surface area contributed by atoms with Crippen LogP contribution in [0.1, 0.15) is 22.4 Å². The van der Waals surface area contributed by atoms with Gasteiger partial charge in [-0.25, -0.2) is 14.8 Å². The van der Waals surface area contributed by atoms with E-state index in [9.17, 15) is 9.59 Å². The van der Waals surface area contributed by atoms with Crippen LogP contribution in [0.5, 0.6) is 0 Å². The van der Waals surface area contributed by atoms with Crippen molar-refractivity contribution in [3.05, 3.63) is 79.4 Å². The minimum atomic E-state index is -0.375. The van der Waals surface area contributed by atoms with Gasteiger partial charge in [-0.15, -0.1) is 23.1 Å². The molecule has 12 heteroatoms. The molecule has 0 bridgehead atoms. The Morgan fingerprint density at radius 3 is 2.71 bits per heavy atom. The van der Waals surface area contributed by atoms with E-state index >= 15 is 0 Å². The highest BCUT2D eigenvalue weighted by Crippen LogP contribution is 2.49. The maximum atomic E-state index is 13.6. The number of fused-ring (bicyclic) bond motifs is 3. The zero-order valence-electron chi connectivity index (χ0n) is 19.1. The summed E-state index contributed by atoms with van der Waals surface area (Å²) < 4.78 is 12.8. The number of halogens is 1. The van der Waals surface area contributed by atoms with Crippen LogP contribution in [0.15, 0.2) is 50.2 Å². The number of furan rings is 1. The van der Waals surface area contributed by atoms with Gasteiger partial charge in [0.1, 0.15) is 16.0 Å². The van der Waals surface area contributed by atoms with Gasteiger partial charge in [-0.2, -0.15) is 0 Å². The Morgan fingerprint density at radius 1 is 1.23 bits per heavy atom. The molecule has 5 aromatic rings. The summed E-state index contributed by atoms with van der Waals surface area (Å²) in [4.78, 5) is 35.5. The second-order valence-corrected chi connectivity index (χ2v) is 11.2. The molecule has 2 atom stereocenters. The van der Waals surface area contributed by atoms with Crippen molar-refractivity contribution >= 4 is 45.6 Å². The molecule has 5 aromatic heterocycles. The van der Waals surface area contributed by atoms with Crippen LogP contribution in [0.25, 0.3) is 21.6 Å². The molecule has 180 valence electrons. The van der Waals surface area contributed by atoms with E-state index in [1.807, 2.05) is 29.1 Å². The van der Waals surface area contributed by atoms with Gasteiger partial charge in [0.2, 0.25) is 0 Å².